The maximum atomic E-state index is 5.48. The maximum absolute atomic E-state index is 5.48. The molecule has 2 aliphatic rings. The maximum Gasteiger partial charge on any atom is 0.232 e. The number of aromatic nitrogens is 2. The molecule has 4 rings (SSSR count). The van der Waals surface area contributed by atoms with Gasteiger partial charge in [0.05, 0.1) is 0 Å². The Morgan fingerprint density at radius 1 is 0.966 bits per heavy atom. The summed E-state index contributed by atoms with van der Waals surface area (Å²) in [5.74, 6) is 2.50. The third kappa shape index (κ3) is 4.96. The molecule has 1 saturated heterocycles. The quantitative estimate of drug-likeness (QED) is 0.748. The second-order valence-electron chi connectivity index (χ2n) is 8.87. The third-order valence-electron chi connectivity index (χ3n) is 5.30. The summed E-state index contributed by atoms with van der Waals surface area (Å²) in [5.41, 5.74) is 2.70. The number of nitrogens with zero attached hydrogens (tertiary/aromatic N) is 4. The molecule has 2 aromatic rings. The van der Waals surface area contributed by atoms with Gasteiger partial charge in [0.15, 0.2) is 5.11 Å². The lowest BCUT2D eigenvalue weighted by molar-refractivity contribution is 0.514. The molecule has 0 radical (unpaired) electrons. The van der Waals surface area contributed by atoms with Gasteiger partial charge in [-0.3, -0.25) is 0 Å². The SMILES string of the molecule is CC(C)(C)NC(=S)Nc1nc(N2CCCC2)cc(N2CCc3ccccc3C2)n1. The number of hydrogen-bond acceptors (Lipinski definition) is 5. The fraction of sp³-hybridized carbons (Fsp3) is 0.500. The van der Waals surface area contributed by atoms with E-state index < -0.39 is 0 Å². The molecule has 0 spiro atoms. The van der Waals surface area contributed by atoms with Crippen molar-refractivity contribution in [1.82, 2.24) is 15.3 Å². The smallest absolute Gasteiger partial charge is 0.232 e. The minimum absolute atomic E-state index is 0.115. The van der Waals surface area contributed by atoms with Gasteiger partial charge in [-0.15, -0.1) is 0 Å². The zero-order valence-electron chi connectivity index (χ0n) is 17.5. The van der Waals surface area contributed by atoms with E-state index in [2.05, 4.69) is 71.5 Å². The van der Waals surface area contributed by atoms with Gasteiger partial charge < -0.3 is 20.4 Å². The fourth-order valence-corrected chi connectivity index (χ4v) is 4.31. The first-order chi connectivity index (χ1) is 13.9. The summed E-state index contributed by atoms with van der Waals surface area (Å²) in [6.45, 7) is 10.2. The van der Waals surface area contributed by atoms with Crippen LogP contribution >= 0.6 is 12.2 Å². The van der Waals surface area contributed by atoms with Crippen LogP contribution < -0.4 is 20.4 Å². The van der Waals surface area contributed by atoms with Crippen LogP contribution in [0.15, 0.2) is 30.3 Å². The Kier molecular flexibility index (Phi) is 5.58. The van der Waals surface area contributed by atoms with Crippen molar-refractivity contribution in [3.05, 3.63) is 41.5 Å². The summed E-state index contributed by atoms with van der Waals surface area (Å²) in [4.78, 5) is 14.3. The molecule has 0 atom stereocenters. The molecule has 1 fully saturated rings. The van der Waals surface area contributed by atoms with Crippen LogP contribution in [-0.4, -0.2) is 40.3 Å². The van der Waals surface area contributed by atoms with E-state index in [4.69, 9.17) is 22.2 Å². The Morgan fingerprint density at radius 3 is 2.31 bits per heavy atom. The van der Waals surface area contributed by atoms with E-state index in [1.807, 2.05) is 0 Å². The number of fused-ring (bicyclic) bond motifs is 1. The minimum atomic E-state index is -0.115. The minimum Gasteiger partial charge on any atom is -0.358 e. The predicted octanol–water partition coefficient (Wildman–Crippen LogP) is 3.72. The highest BCUT2D eigenvalue weighted by Gasteiger charge is 2.22. The third-order valence-corrected chi connectivity index (χ3v) is 5.50. The molecule has 0 aliphatic carbocycles. The molecular formula is C22H30N6S. The Bertz CT molecular complexity index is 885. The largest absolute Gasteiger partial charge is 0.358 e. The van der Waals surface area contributed by atoms with Crippen LogP contribution in [0.25, 0.3) is 0 Å². The molecule has 0 unspecified atom stereocenters. The van der Waals surface area contributed by atoms with Crippen molar-refractivity contribution in [3.8, 4) is 0 Å². The molecular weight excluding hydrogens is 380 g/mol. The average Bonchev–Trinajstić information content (AvgIpc) is 3.20. The lowest BCUT2D eigenvalue weighted by Crippen LogP contribution is -2.43. The summed E-state index contributed by atoms with van der Waals surface area (Å²) < 4.78 is 0. The Balaban J connectivity index is 1.61. The molecule has 3 heterocycles. The number of rotatable bonds is 3. The van der Waals surface area contributed by atoms with Crippen molar-refractivity contribution >= 4 is 34.9 Å². The zero-order chi connectivity index (χ0) is 20.4. The van der Waals surface area contributed by atoms with Crippen molar-refractivity contribution < 1.29 is 0 Å². The molecule has 1 aromatic carbocycles. The monoisotopic (exact) mass is 410 g/mol. The summed E-state index contributed by atoms with van der Waals surface area (Å²) in [6.07, 6.45) is 3.46. The van der Waals surface area contributed by atoms with Crippen LogP contribution in [0.1, 0.15) is 44.7 Å². The Morgan fingerprint density at radius 2 is 1.62 bits per heavy atom. The van der Waals surface area contributed by atoms with Crippen LogP contribution in [0.2, 0.25) is 0 Å². The van der Waals surface area contributed by atoms with Crippen LogP contribution in [0, 0.1) is 0 Å². The molecule has 0 bridgehead atoms. The van der Waals surface area contributed by atoms with Gasteiger partial charge in [0, 0.05) is 37.8 Å². The molecule has 29 heavy (non-hydrogen) atoms. The summed E-state index contributed by atoms with van der Waals surface area (Å²) in [5, 5.41) is 7.03. The van der Waals surface area contributed by atoms with E-state index in [0.29, 0.717) is 11.1 Å². The van der Waals surface area contributed by atoms with Crippen molar-refractivity contribution in [3.63, 3.8) is 0 Å². The predicted molar refractivity (Wildman–Crippen MR) is 124 cm³/mol. The summed E-state index contributed by atoms with van der Waals surface area (Å²) in [7, 11) is 0. The number of thiocarbonyl (C=S) groups is 1. The first-order valence-corrected chi connectivity index (χ1v) is 10.8. The van der Waals surface area contributed by atoms with Gasteiger partial charge in [0.25, 0.3) is 0 Å². The Hall–Kier alpha value is -2.41. The molecule has 0 saturated carbocycles. The van der Waals surface area contributed by atoms with E-state index in [1.54, 1.807) is 0 Å². The van der Waals surface area contributed by atoms with E-state index in [-0.39, 0.29) is 5.54 Å². The summed E-state index contributed by atoms with van der Waals surface area (Å²) >= 11 is 5.48. The molecule has 1 aromatic heterocycles. The van der Waals surface area contributed by atoms with E-state index in [9.17, 15) is 0 Å². The number of benzene rings is 1. The van der Waals surface area contributed by atoms with E-state index in [0.717, 1.165) is 44.2 Å². The van der Waals surface area contributed by atoms with E-state index >= 15 is 0 Å². The van der Waals surface area contributed by atoms with Crippen LogP contribution in [0.4, 0.5) is 17.6 Å². The van der Waals surface area contributed by atoms with Crippen LogP contribution in [0.5, 0.6) is 0 Å². The molecule has 6 nitrogen and oxygen atoms in total. The summed E-state index contributed by atoms with van der Waals surface area (Å²) in [6, 6.07) is 10.8. The topological polar surface area (TPSA) is 56.3 Å². The van der Waals surface area contributed by atoms with Gasteiger partial charge >= 0.3 is 0 Å². The van der Waals surface area contributed by atoms with Gasteiger partial charge in [0.2, 0.25) is 5.95 Å². The number of anilines is 3. The van der Waals surface area contributed by atoms with Crippen LogP contribution in [-0.2, 0) is 13.0 Å². The average molecular weight is 411 g/mol. The highest BCUT2D eigenvalue weighted by atomic mass is 32.1. The van der Waals surface area contributed by atoms with Crippen molar-refractivity contribution in [2.75, 3.05) is 34.8 Å². The molecule has 7 heteroatoms. The lowest BCUT2D eigenvalue weighted by Gasteiger charge is -2.31. The highest BCUT2D eigenvalue weighted by Crippen LogP contribution is 2.28. The second kappa shape index (κ2) is 8.14. The van der Waals surface area contributed by atoms with Crippen molar-refractivity contribution in [1.29, 1.82) is 0 Å². The number of hydrogen-bond donors (Lipinski definition) is 2. The normalized spacial score (nSPS) is 16.5. The molecule has 0 amide bonds. The molecule has 2 aliphatic heterocycles. The first kappa shape index (κ1) is 19.9. The van der Waals surface area contributed by atoms with Crippen LogP contribution in [0.3, 0.4) is 0 Å². The zero-order valence-corrected chi connectivity index (χ0v) is 18.4. The van der Waals surface area contributed by atoms with Gasteiger partial charge in [-0.05, 0) is 63.4 Å². The van der Waals surface area contributed by atoms with Gasteiger partial charge in [-0.25, -0.2) is 0 Å². The standard InChI is InChI=1S/C22H30N6S/c1-22(2,3)26-21(29)25-20-23-18(27-11-6-7-12-27)14-19(24-20)28-13-10-16-8-4-5-9-17(16)15-28/h4-5,8-9,14H,6-7,10-13,15H2,1-3H3,(H2,23,24,25,26,29). The first-order valence-electron chi connectivity index (χ1n) is 10.4. The van der Waals surface area contributed by atoms with Crippen molar-refractivity contribution in [2.45, 2.75) is 52.1 Å². The second-order valence-corrected chi connectivity index (χ2v) is 9.28. The Labute approximate surface area is 178 Å². The fourth-order valence-electron chi connectivity index (χ4n) is 3.91. The molecule has 154 valence electrons. The lowest BCUT2D eigenvalue weighted by atomic mass is 10.00. The van der Waals surface area contributed by atoms with E-state index in [1.165, 1.54) is 24.0 Å². The highest BCUT2D eigenvalue weighted by molar-refractivity contribution is 7.80. The van der Waals surface area contributed by atoms with Gasteiger partial charge in [-0.2, -0.15) is 9.97 Å². The number of nitrogens with one attached hydrogen (secondary N) is 2. The molecule has 2 N–H and O–H groups in total. The van der Waals surface area contributed by atoms with Crippen molar-refractivity contribution in [2.24, 2.45) is 0 Å². The van der Waals surface area contributed by atoms with Gasteiger partial charge in [0.1, 0.15) is 11.6 Å². The van der Waals surface area contributed by atoms with Gasteiger partial charge in [-0.1, -0.05) is 24.3 Å².